The third kappa shape index (κ3) is 7.75. The first-order chi connectivity index (χ1) is 16.0. The van der Waals surface area contributed by atoms with Gasteiger partial charge in [-0.2, -0.15) is 4.80 Å². The minimum atomic E-state index is 0.231. The number of rotatable bonds is 16. The number of halogens is 1. The summed E-state index contributed by atoms with van der Waals surface area (Å²) in [5, 5.41) is 19.1. The van der Waals surface area contributed by atoms with Crippen LogP contribution in [0.2, 0.25) is 0 Å². The SMILES string of the molecule is C=CN/C(N=C)=C(/NCCl)C(=C)N(CCCC)CCCCn1nnc(-c2ccccc2C)n1. The summed E-state index contributed by atoms with van der Waals surface area (Å²) < 4.78 is 0. The van der Waals surface area contributed by atoms with Gasteiger partial charge in [-0.1, -0.05) is 50.8 Å². The monoisotopic (exact) mass is 470 g/mol. The predicted molar refractivity (Wildman–Crippen MR) is 137 cm³/mol. The number of benzene rings is 1. The number of alkyl halides is 1. The van der Waals surface area contributed by atoms with Crippen LogP contribution in [0, 0.1) is 6.92 Å². The summed E-state index contributed by atoms with van der Waals surface area (Å²) in [6, 6.07) is 8.29. The molecule has 0 saturated heterocycles. The van der Waals surface area contributed by atoms with E-state index in [0.717, 1.165) is 61.3 Å². The van der Waals surface area contributed by atoms with Gasteiger partial charge in [0.25, 0.3) is 0 Å². The first-order valence-corrected chi connectivity index (χ1v) is 11.7. The molecule has 0 saturated carbocycles. The quantitative estimate of drug-likeness (QED) is 0.124. The minimum absolute atomic E-state index is 0.231. The number of aliphatic imine (C=N–C) groups is 1. The highest BCUT2D eigenvalue weighted by atomic mass is 35.5. The molecule has 2 rings (SSSR count). The van der Waals surface area contributed by atoms with E-state index in [1.54, 1.807) is 11.0 Å². The zero-order valence-corrected chi connectivity index (χ0v) is 20.5. The molecule has 0 aliphatic rings. The number of tetrazole rings is 1. The van der Waals surface area contributed by atoms with Crippen molar-refractivity contribution >= 4 is 18.3 Å². The second-order valence-electron chi connectivity index (χ2n) is 7.56. The van der Waals surface area contributed by atoms with Gasteiger partial charge in [-0.25, -0.2) is 4.99 Å². The number of aromatic nitrogens is 4. The van der Waals surface area contributed by atoms with Crippen LogP contribution in [0.15, 0.2) is 65.8 Å². The molecule has 0 bridgehead atoms. The van der Waals surface area contributed by atoms with Gasteiger partial charge >= 0.3 is 0 Å². The Labute approximate surface area is 202 Å². The van der Waals surface area contributed by atoms with E-state index in [1.165, 1.54) is 0 Å². The molecule has 178 valence electrons. The summed E-state index contributed by atoms with van der Waals surface area (Å²) in [4.78, 5) is 7.98. The Morgan fingerprint density at radius 2 is 2.00 bits per heavy atom. The summed E-state index contributed by atoms with van der Waals surface area (Å²) in [5.74, 6) is 1.21. The maximum Gasteiger partial charge on any atom is 0.205 e. The lowest BCUT2D eigenvalue weighted by atomic mass is 10.1. The van der Waals surface area contributed by atoms with Crippen LogP contribution >= 0.6 is 11.6 Å². The average molecular weight is 471 g/mol. The molecule has 0 aliphatic carbocycles. The van der Waals surface area contributed by atoms with Crippen molar-refractivity contribution in [3.63, 3.8) is 0 Å². The molecule has 0 aliphatic heterocycles. The lowest BCUT2D eigenvalue weighted by molar-refractivity contribution is 0.324. The van der Waals surface area contributed by atoms with E-state index in [2.05, 4.69) is 62.7 Å². The van der Waals surface area contributed by atoms with Gasteiger partial charge in [0.15, 0.2) is 5.82 Å². The van der Waals surface area contributed by atoms with Crippen molar-refractivity contribution in [3.05, 3.63) is 66.4 Å². The van der Waals surface area contributed by atoms with Crippen LogP contribution in [0.1, 0.15) is 38.2 Å². The van der Waals surface area contributed by atoms with Gasteiger partial charge < -0.3 is 15.5 Å². The summed E-state index contributed by atoms with van der Waals surface area (Å²) in [7, 11) is 0. The average Bonchev–Trinajstić information content (AvgIpc) is 3.29. The highest BCUT2D eigenvalue weighted by molar-refractivity contribution is 6.17. The van der Waals surface area contributed by atoms with E-state index in [4.69, 9.17) is 11.6 Å². The Morgan fingerprint density at radius 3 is 2.67 bits per heavy atom. The number of nitrogens with zero attached hydrogens (tertiary/aromatic N) is 6. The molecule has 0 unspecified atom stereocenters. The van der Waals surface area contributed by atoms with Crippen molar-refractivity contribution in [2.75, 3.05) is 19.1 Å². The molecule has 0 radical (unpaired) electrons. The summed E-state index contributed by atoms with van der Waals surface area (Å²) in [6.07, 6.45) is 5.57. The molecule has 1 aromatic heterocycles. The molecule has 0 spiro atoms. The van der Waals surface area contributed by atoms with Gasteiger partial charge in [0.2, 0.25) is 5.82 Å². The summed E-state index contributed by atoms with van der Waals surface area (Å²) in [5.41, 5.74) is 3.69. The van der Waals surface area contributed by atoms with Crippen LogP contribution in [-0.4, -0.2) is 50.9 Å². The smallest absolute Gasteiger partial charge is 0.205 e. The van der Waals surface area contributed by atoms with Crippen molar-refractivity contribution in [1.29, 1.82) is 0 Å². The predicted octanol–water partition coefficient (Wildman–Crippen LogP) is 4.43. The van der Waals surface area contributed by atoms with Crippen LogP contribution in [0.5, 0.6) is 0 Å². The topological polar surface area (TPSA) is 83.3 Å². The maximum atomic E-state index is 5.96. The van der Waals surface area contributed by atoms with Crippen LogP contribution < -0.4 is 10.6 Å². The Hall–Kier alpha value is -3.13. The van der Waals surface area contributed by atoms with E-state index in [1.807, 2.05) is 31.2 Å². The van der Waals surface area contributed by atoms with E-state index in [0.29, 0.717) is 18.2 Å². The van der Waals surface area contributed by atoms with Crippen LogP contribution in [0.3, 0.4) is 0 Å². The zero-order chi connectivity index (χ0) is 24.1. The van der Waals surface area contributed by atoms with Crippen LogP contribution in [-0.2, 0) is 6.54 Å². The molecular formula is C24H35ClN8. The Bertz CT molecular complexity index is 949. The maximum absolute atomic E-state index is 5.96. The number of nitrogens with one attached hydrogen (secondary N) is 2. The first-order valence-electron chi connectivity index (χ1n) is 11.2. The number of hydrogen-bond acceptors (Lipinski definition) is 7. The third-order valence-electron chi connectivity index (χ3n) is 5.20. The minimum Gasteiger partial charge on any atom is -0.370 e. The van der Waals surface area contributed by atoms with E-state index in [-0.39, 0.29) is 6.00 Å². The fourth-order valence-electron chi connectivity index (χ4n) is 3.40. The number of unbranched alkanes of at least 4 members (excludes halogenated alkanes) is 2. The third-order valence-corrected chi connectivity index (χ3v) is 5.34. The van der Waals surface area contributed by atoms with Gasteiger partial charge in [-0.3, -0.25) is 0 Å². The molecule has 0 amide bonds. The van der Waals surface area contributed by atoms with Gasteiger partial charge in [-0.15, -0.1) is 21.8 Å². The van der Waals surface area contributed by atoms with E-state index < -0.39 is 0 Å². The fourth-order valence-corrected chi connectivity index (χ4v) is 3.53. The van der Waals surface area contributed by atoms with Crippen LogP contribution in [0.25, 0.3) is 11.4 Å². The second-order valence-corrected chi connectivity index (χ2v) is 7.83. The zero-order valence-electron chi connectivity index (χ0n) is 19.7. The van der Waals surface area contributed by atoms with Crippen molar-refractivity contribution in [1.82, 2.24) is 35.7 Å². The Morgan fingerprint density at radius 1 is 1.24 bits per heavy atom. The second kappa shape index (κ2) is 14.1. The summed E-state index contributed by atoms with van der Waals surface area (Å²) in [6.45, 7) is 18.3. The number of aryl methyl sites for hydroxylation is 2. The molecule has 1 heterocycles. The lowest BCUT2D eigenvalue weighted by Crippen LogP contribution is -2.31. The van der Waals surface area contributed by atoms with Gasteiger partial charge in [0.05, 0.1) is 18.2 Å². The molecule has 1 aromatic carbocycles. The van der Waals surface area contributed by atoms with E-state index in [9.17, 15) is 0 Å². The molecular weight excluding hydrogens is 436 g/mol. The van der Waals surface area contributed by atoms with Gasteiger partial charge in [0.1, 0.15) is 5.70 Å². The first kappa shape index (κ1) is 26.1. The lowest BCUT2D eigenvalue weighted by Gasteiger charge is -2.29. The molecule has 0 atom stereocenters. The largest absolute Gasteiger partial charge is 0.370 e. The Balaban J connectivity index is 2.00. The van der Waals surface area contributed by atoms with Crippen molar-refractivity contribution in [3.8, 4) is 11.4 Å². The molecule has 2 aromatic rings. The Kier molecular flexibility index (Phi) is 11.2. The van der Waals surface area contributed by atoms with Gasteiger partial charge in [-0.05, 0) is 49.9 Å². The van der Waals surface area contributed by atoms with E-state index >= 15 is 0 Å². The molecule has 33 heavy (non-hydrogen) atoms. The molecule has 8 nitrogen and oxygen atoms in total. The van der Waals surface area contributed by atoms with Crippen molar-refractivity contribution in [2.45, 2.75) is 46.1 Å². The standard InChI is InChI=1S/C24H35ClN8/c1-6-8-15-32(20(4)22(28-18-25)24(26-5)27-7-2)16-11-12-17-33-30-23(29-31-33)21-14-10-9-13-19(21)3/h7,9-10,13-14,27-28H,2,4-6,8,11-12,15-18H2,1,3H3/b24-22+. The normalized spacial score (nSPS) is 11.5. The number of hydrogen-bond donors (Lipinski definition) is 2. The molecule has 2 N–H and O–H groups in total. The molecule has 9 heteroatoms. The highest BCUT2D eigenvalue weighted by Gasteiger charge is 2.16. The van der Waals surface area contributed by atoms with Crippen molar-refractivity contribution < 1.29 is 0 Å². The van der Waals surface area contributed by atoms with Gasteiger partial charge in [0, 0.05) is 18.7 Å². The van der Waals surface area contributed by atoms with Crippen LogP contribution in [0.4, 0.5) is 0 Å². The van der Waals surface area contributed by atoms with Crippen molar-refractivity contribution in [2.24, 2.45) is 4.99 Å². The summed E-state index contributed by atoms with van der Waals surface area (Å²) >= 11 is 5.96. The molecule has 0 fully saturated rings. The fraction of sp³-hybridized carbons (Fsp3) is 0.417. The highest BCUT2D eigenvalue weighted by Crippen LogP contribution is 2.19.